The van der Waals surface area contributed by atoms with Crippen molar-refractivity contribution in [3.8, 4) is 0 Å². The number of phosphoric ester groups is 2. The largest absolute Gasteiger partial charge is 0.472 e. The van der Waals surface area contributed by atoms with Crippen LogP contribution < -0.4 is 0 Å². The summed E-state index contributed by atoms with van der Waals surface area (Å²) < 4.78 is 68.6. The van der Waals surface area contributed by atoms with Gasteiger partial charge in [0.25, 0.3) is 0 Å². The van der Waals surface area contributed by atoms with Gasteiger partial charge in [-0.2, -0.15) is 0 Å². The van der Waals surface area contributed by atoms with Gasteiger partial charge in [0, 0.05) is 25.7 Å². The number of unbranched alkanes of at least 4 members (excludes halogenated alkanes) is 45. The molecular weight excluding hydrogens is 1280 g/mol. The van der Waals surface area contributed by atoms with Crippen molar-refractivity contribution in [3.63, 3.8) is 0 Å². The number of hydrogen-bond acceptors (Lipinski definition) is 15. The zero-order chi connectivity index (χ0) is 72.3. The first-order chi connectivity index (χ1) is 47.2. The number of esters is 4. The van der Waals surface area contributed by atoms with Gasteiger partial charge in [-0.05, 0) is 43.4 Å². The van der Waals surface area contributed by atoms with Crippen LogP contribution in [0.5, 0.6) is 0 Å². The number of aliphatic hydroxyl groups excluding tert-OH is 1. The van der Waals surface area contributed by atoms with Gasteiger partial charge >= 0.3 is 39.5 Å². The Morgan fingerprint density at radius 1 is 0.276 bits per heavy atom. The van der Waals surface area contributed by atoms with Gasteiger partial charge in [0.1, 0.15) is 19.3 Å². The number of hydrogen-bond donors (Lipinski definition) is 3. The molecule has 0 aromatic heterocycles. The van der Waals surface area contributed by atoms with Crippen molar-refractivity contribution in [2.24, 2.45) is 17.8 Å². The molecule has 0 heterocycles. The van der Waals surface area contributed by atoms with Crippen LogP contribution in [0.2, 0.25) is 0 Å². The fraction of sp³-hybridized carbons (Fsp3) is 0.949. The normalized spacial score (nSPS) is 14.0. The fourth-order valence-electron chi connectivity index (χ4n) is 12.1. The summed E-state index contributed by atoms with van der Waals surface area (Å²) in [5.74, 6) is 0.214. The highest BCUT2D eigenvalue weighted by molar-refractivity contribution is 7.47. The van der Waals surface area contributed by atoms with Gasteiger partial charge in [0.15, 0.2) is 12.2 Å². The van der Waals surface area contributed by atoms with Gasteiger partial charge < -0.3 is 33.8 Å². The van der Waals surface area contributed by atoms with Crippen molar-refractivity contribution < 1.29 is 80.2 Å². The minimum absolute atomic E-state index is 0.105. The van der Waals surface area contributed by atoms with Gasteiger partial charge in [-0.3, -0.25) is 37.3 Å². The Morgan fingerprint density at radius 3 is 0.694 bits per heavy atom. The predicted octanol–water partition coefficient (Wildman–Crippen LogP) is 23.4. The van der Waals surface area contributed by atoms with Crippen molar-refractivity contribution >= 4 is 39.5 Å². The van der Waals surface area contributed by atoms with Crippen molar-refractivity contribution in [2.75, 3.05) is 39.6 Å². The Labute approximate surface area is 600 Å². The number of carbonyl (C=O) groups is 4. The maximum Gasteiger partial charge on any atom is 0.472 e. The van der Waals surface area contributed by atoms with Crippen molar-refractivity contribution in [2.45, 2.75) is 426 Å². The molecule has 0 aliphatic carbocycles. The Hall–Kier alpha value is -1.94. The third-order valence-electron chi connectivity index (χ3n) is 18.4. The topological polar surface area (TPSA) is 237 Å². The lowest BCUT2D eigenvalue weighted by Crippen LogP contribution is -2.30. The zero-order valence-electron chi connectivity index (χ0n) is 64.3. The molecule has 582 valence electrons. The number of ether oxygens (including phenoxy) is 4. The average Bonchev–Trinajstić information content (AvgIpc) is 1.01. The SMILES string of the molecule is CCCCCCCCCCCCCC(=O)OC[C@H](COP(=O)(O)OC[C@H](O)COP(=O)(O)OC[C@@H](COC(=O)CCCCCCCCCCCCCC(C)C)OC(=O)CCCCCCCCCCCCCCCCCCCCC(C)C)OC(=O)CCCCCCCCCCCC(C)C. The first-order valence-electron chi connectivity index (χ1n) is 40.8. The molecule has 0 radical (unpaired) electrons. The van der Waals surface area contributed by atoms with E-state index in [1.54, 1.807) is 0 Å². The minimum Gasteiger partial charge on any atom is -0.462 e. The second kappa shape index (κ2) is 69.4. The molecule has 0 aliphatic heterocycles. The van der Waals surface area contributed by atoms with E-state index in [1.807, 2.05) is 0 Å². The van der Waals surface area contributed by atoms with E-state index >= 15 is 0 Å². The predicted molar refractivity (Wildman–Crippen MR) is 400 cm³/mol. The van der Waals surface area contributed by atoms with Crippen LogP contribution in [-0.2, 0) is 65.4 Å². The van der Waals surface area contributed by atoms with E-state index in [4.69, 9.17) is 37.0 Å². The van der Waals surface area contributed by atoms with Crippen molar-refractivity contribution in [1.29, 1.82) is 0 Å². The van der Waals surface area contributed by atoms with Crippen molar-refractivity contribution in [3.05, 3.63) is 0 Å². The molecule has 0 rings (SSSR count). The van der Waals surface area contributed by atoms with Gasteiger partial charge in [-0.15, -0.1) is 0 Å². The van der Waals surface area contributed by atoms with Crippen LogP contribution in [0.3, 0.4) is 0 Å². The molecule has 19 heteroatoms. The molecule has 98 heavy (non-hydrogen) atoms. The maximum absolute atomic E-state index is 13.1. The lowest BCUT2D eigenvalue weighted by Gasteiger charge is -2.21. The summed E-state index contributed by atoms with van der Waals surface area (Å²) in [6.45, 7) is 11.9. The third-order valence-corrected chi connectivity index (χ3v) is 20.3. The van der Waals surface area contributed by atoms with Crippen molar-refractivity contribution in [1.82, 2.24) is 0 Å². The standard InChI is InChI=1S/C79H154O17P2/c1-8-9-10-11-12-13-23-32-39-46-53-60-76(81)89-67-75(96-79(84)63-56-49-42-35-28-31-38-45-52-59-72(6)7)69-94-98(87,88)92-65-73(80)64-91-97(85,86)93-68-74(66-90-77(82)61-54-47-40-33-27-22-25-30-37-44-51-58-71(4)5)95-78(83)62-55-48-41-34-26-21-19-17-15-14-16-18-20-24-29-36-43-50-57-70(2)3/h70-75,80H,8-69H2,1-7H3,(H,85,86)(H,87,88)/t73-,74-,75-/m1/s1. The second-order valence-electron chi connectivity index (χ2n) is 29.9. The number of rotatable bonds is 77. The van der Waals surface area contributed by atoms with Crippen LogP contribution in [0.15, 0.2) is 0 Å². The molecule has 0 fully saturated rings. The van der Waals surface area contributed by atoms with Crippen LogP contribution in [0.1, 0.15) is 408 Å². The number of aliphatic hydroxyl groups is 1. The zero-order valence-corrected chi connectivity index (χ0v) is 66.0. The average molecular weight is 1440 g/mol. The summed E-state index contributed by atoms with van der Waals surface area (Å²) >= 11 is 0. The monoisotopic (exact) mass is 1440 g/mol. The van der Waals surface area contributed by atoms with Gasteiger partial charge in [-0.25, -0.2) is 9.13 Å². The molecule has 0 bridgehead atoms. The summed E-state index contributed by atoms with van der Waals surface area (Å²) in [6, 6.07) is 0. The van der Waals surface area contributed by atoms with Crippen LogP contribution in [0.4, 0.5) is 0 Å². The van der Waals surface area contributed by atoms with E-state index in [0.29, 0.717) is 25.7 Å². The quantitative estimate of drug-likeness (QED) is 0.0222. The van der Waals surface area contributed by atoms with Crippen LogP contribution in [-0.4, -0.2) is 96.7 Å². The first-order valence-corrected chi connectivity index (χ1v) is 43.8. The van der Waals surface area contributed by atoms with E-state index in [-0.39, 0.29) is 25.7 Å². The molecule has 0 aromatic carbocycles. The lowest BCUT2D eigenvalue weighted by atomic mass is 10.0. The second-order valence-corrected chi connectivity index (χ2v) is 32.8. The number of phosphoric acid groups is 2. The Bertz CT molecular complexity index is 1900. The highest BCUT2D eigenvalue weighted by atomic mass is 31.2. The number of carbonyl (C=O) groups excluding carboxylic acids is 4. The Balaban J connectivity index is 5.22. The molecule has 0 aliphatic rings. The first kappa shape index (κ1) is 96.1. The maximum atomic E-state index is 13.1. The van der Waals surface area contributed by atoms with Gasteiger partial charge in [-0.1, -0.05) is 357 Å². The smallest absolute Gasteiger partial charge is 0.462 e. The molecule has 0 saturated carbocycles. The molecule has 17 nitrogen and oxygen atoms in total. The van der Waals surface area contributed by atoms with E-state index in [1.165, 1.54) is 218 Å². The minimum atomic E-state index is -4.96. The summed E-state index contributed by atoms with van der Waals surface area (Å²) in [6.07, 6.45) is 56.9. The van der Waals surface area contributed by atoms with Crippen LogP contribution in [0.25, 0.3) is 0 Å². The highest BCUT2D eigenvalue weighted by Crippen LogP contribution is 2.45. The molecule has 5 atom stereocenters. The Morgan fingerprint density at radius 2 is 0.469 bits per heavy atom. The van der Waals surface area contributed by atoms with Gasteiger partial charge in [0.2, 0.25) is 0 Å². The summed E-state index contributed by atoms with van der Waals surface area (Å²) in [7, 11) is -9.92. The van der Waals surface area contributed by atoms with E-state index in [0.717, 1.165) is 108 Å². The van der Waals surface area contributed by atoms with Gasteiger partial charge in [0.05, 0.1) is 26.4 Å². The molecule has 0 aromatic rings. The molecule has 0 amide bonds. The van der Waals surface area contributed by atoms with E-state index in [9.17, 15) is 43.2 Å². The fourth-order valence-corrected chi connectivity index (χ4v) is 13.7. The summed E-state index contributed by atoms with van der Waals surface area (Å²) in [5, 5.41) is 10.6. The van der Waals surface area contributed by atoms with E-state index in [2.05, 4.69) is 48.5 Å². The Kier molecular flexibility index (Phi) is 68.1. The highest BCUT2D eigenvalue weighted by Gasteiger charge is 2.30. The van der Waals surface area contributed by atoms with Crippen LogP contribution >= 0.6 is 15.6 Å². The molecule has 0 spiro atoms. The molecule has 3 N–H and O–H groups in total. The van der Waals surface area contributed by atoms with E-state index < -0.39 is 97.5 Å². The lowest BCUT2D eigenvalue weighted by molar-refractivity contribution is -0.161. The summed E-state index contributed by atoms with van der Waals surface area (Å²) in [4.78, 5) is 72.9. The molecule has 0 saturated heterocycles. The summed E-state index contributed by atoms with van der Waals surface area (Å²) in [5.41, 5.74) is 0. The third kappa shape index (κ3) is 72.4. The molecule has 2 unspecified atom stereocenters. The molecular formula is C79H154O17P2. The van der Waals surface area contributed by atoms with Crippen LogP contribution in [0, 0.1) is 17.8 Å².